The van der Waals surface area contributed by atoms with Crippen LogP contribution in [-0.4, -0.2) is 36.8 Å². The number of halogens is 2. The fraction of sp³-hybridized carbons (Fsp3) is 0.333. The minimum Gasteiger partial charge on any atom is -0.298 e. The van der Waals surface area contributed by atoms with E-state index in [0.29, 0.717) is 22.3 Å². The maximum absolute atomic E-state index is 11.4. The Morgan fingerprint density at radius 2 is 2.11 bits per heavy atom. The topological polar surface area (TPSA) is 35.9 Å². The molecule has 1 aromatic rings. The lowest BCUT2D eigenvalue weighted by molar-refractivity contribution is -0.116. The summed E-state index contributed by atoms with van der Waals surface area (Å²) in [5.74, 6) is 0.0336. The van der Waals surface area contributed by atoms with Crippen LogP contribution in [0.3, 0.4) is 0 Å². The van der Waals surface area contributed by atoms with Crippen LogP contribution >= 0.6 is 23.2 Å². The molecular weight excluding hydrogens is 273 g/mol. The van der Waals surface area contributed by atoms with Crippen molar-refractivity contribution >= 4 is 41.0 Å². The highest BCUT2D eigenvalue weighted by atomic mass is 35.5. The molecule has 0 fully saturated rings. The first-order chi connectivity index (χ1) is 8.59. The normalized spacial score (nSPS) is 14.1. The molecule has 0 aliphatic carbocycles. The van der Waals surface area contributed by atoms with Crippen LogP contribution in [0.1, 0.15) is 6.92 Å². The summed E-state index contributed by atoms with van der Waals surface area (Å²) in [6.07, 6.45) is 1.70. The minimum absolute atomic E-state index is 0.0336. The van der Waals surface area contributed by atoms with Gasteiger partial charge in [0.15, 0.2) is 5.78 Å². The molecule has 4 nitrogen and oxygen atoms in total. The Morgan fingerprint density at radius 3 is 2.61 bits per heavy atom. The van der Waals surface area contributed by atoms with E-state index in [9.17, 15) is 4.79 Å². The molecule has 1 aliphatic rings. The maximum Gasteiger partial charge on any atom is 0.151 e. The molecule has 0 atom stereocenters. The number of aliphatic imine (C=N–C) groups is 1. The van der Waals surface area contributed by atoms with Gasteiger partial charge in [-0.05, 0) is 19.1 Å². The molecule has 0 spiro atoms. The SMILES string of the molecule is CC(=O)CN(c1c(Cl)cccc1Cl)N1C=NCC1. The third-order valence-corrected chi connectivity index (χ3v) is 3.16. The van der Waals surface area contributed by atoms with Gasteiger partial charge in [-0.15, -0.1) is 0 Å². The second-order valence-electron chi connectivity index (χ2n) is 4.01. The van der Waals surface area contributed by atoms with Gasteiger partial charge in [0.25, 0.3) is 0 Å². The summed E-state index contributed by atoms with van der Waals surface area (Å²) < 4.78 is 0. The highest BCUT2D eigenvalue weighted by Gasteiger charge is 2.22. The molecule has 0 amide bonds. The van der Waals surface area contributed by atoms with Crippen molar-refractivity contribution < 1.29 is 4.79 Å². The van der Waals surface area contributed by atoms with Gasteiger partial charge in [-0.25, -0.2) is 0 Å². The largest absolute Gasteiger partial charge is 0.298 e. The Hall–Kier alpha value is -1.26. The Bertz CT molecular complexity index is 470. The summed E-state index contributed by atoms with van der Waals surface area (Å²) in [5.41, 5.74) is 0.643. The highest BCUT2D eigenvalue weighted by molar-refractivity contribution is 6.39. The van der Waals surface area contributed by atoms with Crippen LogP contribution < -0.4 is 5.01 Å². The third-order valence-electron chi connectivity index (χ3n) is 2.55. The lowest BCUT2D eigenvalue weighted by Crippen LogP contribution is -2.44. The fourth-order valence-electron chi connectivity index (χ4n) is 1.80. The van der Waals surface area contributed by atoms with Gasteiger partial charge in [-0.2, -0.15) is 0 Å². The van der Waals surface area contributed by atoms with Crippen LogP contribution in [0.2, 0.25) is 10.0 Å². The monoisotopic (exact) mass is 285 g/mol. The first kappa shape index (κ1) is 13.2. The van der Waals surface area contributed by atoms with Crippen LogP contribution in [0.25, 0.3) is 0 Å². The number of anilines is 1. The zero-order valence-electron chi connectivity index (χ0n) is 9.94. The predicted molar refractivity (Wildman–Crippen MR) is 74.6 cm³/mol. The highest BCUT2D eigenvalue weighted by Crippen LogP contribution is 2.34. The molecule has 0 N–H and O–H groups in total. The number of Topliss-reactive ketones (excluding diaryl/α,β-unsaturated/α-hetero) is 1. The third kappa shape index (κ3) is 2.76. The number of rotatable bonds is 4. The average molecular weight is 286 g/mol. The van der Waals surface area contributed by atoms with Gasteiger partial charge in [0.05, 0.1) is 35.4 Å². The van der Waals surface area contributed by atoms with Gasteiger partial charge in [-0.3, -0.25) is 19.8 Å². The quantitative estimate of drug-likeness (QED) is 0.853. The number of para-hydroxylation sites is 1. The molecule has 1 aliphatic heterocycles. The van der Waals surface area contributed by atoms with Crippen molar-refractivity contribution in [1.82, 2.24) is 5.01 Å². The first-order valence-corrected chi connectivity index (χ1v) is 6.32. The van der Waals surface area contributed by atoms with E-state index in [4.69, 9.17) is 23.2 Å². The van der Waals surface area contributed by atoms with E-state index in [1.807, 2.05) is 5.01 Å². The van der Waals surface area contributed by atoms with Crippen molar-refractivity contribution in [3.63, 3.8) is 0 Å². The van der Waals surface area contributed by atoms with Crippen molar-refractivity contribution in [2.75, 3.05) is 24.6 Å². The van der Waals surface area contributed by atoms with E-state index >= 15 is 0 Å². The van der Waals surface area contributed by atoms with E-state index in [1.165, 1.54) is 6.92 Å². The van der Waals surface area contributed by atoms with Crippen LogP contribution in [0.4, 0.5) is 5.69 Å². The Morgan fingerprint density at radius 1 is 1.44 bits per heavy atom. The van der Waals surface area contributed by atoms with Crippen LogP contribution in [-0.2, 0) is 4.79 Å². The van der Waals surface area contributed by atoms with Gasteiger partial charge in [0.2, 0.25) is 0 Å². The predicted octanol–water partition coefficient (Wildman–Crippen LogP) is 2.65. The number of hydrogen-bond donors (Lipinski definition) is 0. The van der Waals surface area contributed by atoms with Crippen molar-refractivity contribution in [3.8, 4) is 0 Å². The lowest BCUT2D eigenvalue weighted by atomic mass is 10.3. The molecule has 2 rings (SSSR count). The number of ketones is 1. The van der Waals surface area contributed by atoms with E-state index < -0.39 is 0 Å². The number of carbonyl (C=O) groups is 1. The summed E-state index contributed by atoms with van der Waals surface area (Å²) in [7, 11) is 0. The number of nitrogens with zero attached hydrogens (tertiary/aromatic N) is 3. The summed E-state index contributed by atoms with van der Waals surface area (Å²) in [5, 5.41) is 4.66. The molecule has 0 aromatic heterocycles. The number of carbonyl (C=O) groups excluding carboxylic acids is 1. The first-order valence-electron chi connectivity index (χ1n) is 5.57. The molecule has 18 heavy (non-hydrogen) atoms. The molecule has 0 radical (unpaired) electrons. The van der Waals surface area contributed by atoms with E-state index in [0.717, 1.165) is 6.54 Å². The van der Waals surface area contributed by atoms with Gasteiger partial charge in [-0.1, -0.05) is 29.3 Å². The minimum atomic E-state index is 0.0336. The lowest BCUT2D eigenvalue weighted by Gasteiger charge is -2.33. The van der Waals surface area contributed by atoms with E-state index in [2.05, 4.69) is 4.99 Å². The zero-order chi connectivity index (χ0) is 13.1. The summed E-state index contributed by atoms with van der Waals surface area (Å²) in [6.45, 7) is 3.17. The molecule has 6 heteroatoms. The van der Waals surface area contributed by atoms with Crippen LogP contribution in [0.5, 0.6) is 0 Å². The van der Waals surface area contributed by atoms with Crippen LogP contribution in [0, 0.1) is 0 Å². The van der Waals surface area contributed by atoms with E-state index in [-0.39, 0.29) is 12.3 Å². The second kappa shape index (κ2) is 5.59. The molecule has 96 valence electrons. The Balaban J connectivity index is 2.38. The molecule has 1 heterocycles. The number of hydrazine groups is 1. The average Bonchev–Trinajstić information content (AvgIpc) is 2.80. The smallest absolute Gasteiger partial charge is 0.151 e. The second-order valence-corrected chi connectivity index (χ2v) is 4.83. The summed E-state index contributed by atoms with van der Waals surface area (Å²) in [4.78, 5) is 15.5. The van der Waals surface area contributed by atoms with Gasteiger partial charge >= 0.3 is 0 Å². The van der Waals surface area contributed by atoms with E-state index in [1.54, 1.807) is 29.5 Å². The van der Waals surface area contributed by atoms with Crippen molar-refractivity contribution in [2.24, 2.45) is 4.99 Å². The van der Waals surface area contributed by atoms with Gasteiger partial charge < -0.3 is 0 Å². The Labute approximate surface area is 116 Å². The molecule has 0 bridgehead atoms. The fourth-order valence-corrected chi connectivity index (χ4v) is 2.39. The van der Waals surface area contributed by atoms with Crippen LogP contribution in [0.15, 0.2) is 23.2 Å². The number of hydrogen-bond acceptors (Lipinski definition) is 4. The standard InChI is InChI=1S/C12H13Cl2N3O/c1-9(18)7-17(16-6-5-15-8-16)12-10(13)3-2-4-11(12)14/h2-4,8H,5-7H2,1H3. The molecule has 0 saturated heterocycles. The number of benzene rings is 1. The molecular formula is C12H13Cl2N3O. The summed E-state index contributed by atoms with van der Waals surface area (Å²) in [6, 6.07) is 5.28. The van der Waals surface area contributed by atoms with Gasteiger partial charge in [0.1, 0.15) is 6.34 Å². The maximum atomic E-state index is 11.4. The molecule has 0 saturated carbocycles. The molecule has 1 aromatic carbocycles. The Kier molecular flexibility index (Phi) is 4.09. The summed E-state index contributed by atoms with van der Waals surface area (Å²) >= 11 is 12.4. The van der Waals surface area contributed by atoms with Crippen molar-refractivity contribution in [1.29, 1.82) is 0 Å². The zero-order valence-corrected chi connectivity index (χ0v) is 11.4. The molecule has 0 unspecified atom stereocenters. The van der Waals surface area contributed by atoms with Crippen molar-refractivity contribution in [2.45, 2.75) is 6.92 Å². The van der Waals surface area contributed by atoms with Crippen molar-refractivity contribution in [3.05, 3.63) is 28.2 Å². The van der Waals surface area contributed by atoms with Gasteiger partial charge in [0, 0.05) is 0 Å².